The van der Waals surface area contributed by atoms with Gasteiger partial charge in [0, 0.05) is 19.2 Å². The predicted octanol–water partition coefficient (Wildman–Crippen LogP) is 3.60. The third-order valence-corrected chi connectivity index (χ3v) is 3.69. The maximum absolute atomic E-state index is 13.4. The minimum Gasteiger partial charge on any atom is -0.378 e. The summed E-state index contributed by atoms with van der Waals surface area (Å²) >= 11 is 5.06. The first-order chi connectivity index (χ1) is 10.1. The van der Waals surface area contributed by atoms with Crippen molar-refractivity contribution in [1.82, 2.24) is 5.32 Å². The number of ether oxygens (including phenoxy) is 1. The van der Waals surface area contributed by atoms with Crippen molar-refractivity contribution < 1.29 is 13.5 Å². The minimum atomic E-state index is -0.663. The molecular weight excluding hydrogens is 294 g/mol. The largest absolute Gasteiger partial charge is 0.378 e. The third kappa shape index (κ3) is 5.55. The molecule has 1 aromatic carbocycles. The van der Waals surface area contributed by atoms with Gasteiger partial charge in [0.25, 0.3) is 0 Å². The Kier molecular flexibility index (Phi) is 6.32. The quantitative estimate of drug-likeness (QED) is 0.621. The second-order valence-corrected chi connectivity index (χ2v) is 5.54. The van der Waals surface area contributed by atoms with E-state index in [1.165, 1.54) is 25.0 Å². The first kappa shape index (κ1) is 16.1. The topological polar surface area (TPSA) is 33.3 Å². The van der Waals surface area contributed by atoms with Gasteiger partial charge in [0.2, 0.25) is 0 Å². The summed E-state index contributed by atoms with van der Waals surface area (Å²) in [4.78, 5) is 0. The van der Waals surface area contributed by atoms with E-state index in [0.29, 0.717) is 24.4 Å². The zero-order valence-electron chi connectivity index (χ0n) is 11.8. The van der Waals surface area contributed by atoms with Crippen LogP contribution in [0.25, 0.3) is 0 Å². The highest BCUT2D eigenvalue weighted by atomic mass is 32.1. The number of rotatable bonds is 6. The fourth-order valence-corrected chi connectivity index (χ4v) is 2.55. The molecule has 1 fully saturated rings. The van der Waals surface area contributed by atoms with Gasteiger partial charge in [-0.3, -0.25) is 0 Å². The summed E-state index contributed by atoms with van der Waals surface area (Å²) in [6.45, 7) is 1.35. The number of halogens is 2. The van der Waals surface area contributed by atoms with E-state index < -0.39 is 11.6 Å². The molecule has 1 aromatic rings. The molecule has 116 valence electrons. The van der Waals surface area contributed by atoms with Gasteiger partial charge in [-0.1, -0.05) is 12.8 Å². The lowest BCUT2D eigenvalue weighted by atomic mass is 10.3. The first-order valence-corrected chi connectivity index (χ1v) is 7.67. The maximum Gasteiger partial charge on any atom is 0.170 e. The van der Waals surface area contributed by atoms with Gasteiger partial charge < -0.3 is 15.4 Å². The Morgan fingerprint density at radius 1 is 1.29 bits per heavy atom. The molecular formula is C15H20F2N2OS. The molecule has 0 saturated heterocycles. The van der Waals surface area contributed by atoms with Crippen LogP contribution in [0, 0.1) is 11.6 Å². The zero-order valence-corrected chi connectivity index (χ0v) is 12.6. The second-order valence-electron chi connectivity index (χ2n) is 5.14. The van der Waals surface area contributed by atoms with Gasteiger partial charge in [0.15, 0.2) is 5.11 Å². The third-order valence-electron chi connectivity index (χ3n) is 3.44. The normalized spacial score (nSPS) is 15.1. The van der Waals surface area contributed by atoms with Crippen molar-refractivity contribution in [3.05, 3.63) is 29.8 Å². The van der Waals surface area contributed by atoms with Gasteiger partial charge in [-0.2, -0.15) is 0 Å². The monoisotopic (exact) mass is 314 g/mol. The Balaban J connectivity index is 1.60. The van der Waals surface area contributed by atoms with Gasteiger partial charge in [-0.25, -0.2) is 8.78 Å². The van der Waals surface area contributed by atoms with Gasteiger partial charge in [0.1, 0.15) is 11.6 Å². The molecule has 1 saturated carbocycles. The number of thiocarbonyl (C=S) groups is 1. The van der Waals surface area contributed by atoms with E-state index in [9.17, 15) is 8.78 Å². The minimum absolute atomic E-state index is 0.163. The summed E-state index contributed by atoms with van der Waals surface area (Å²) < 4.78 is 31.9. The van der Waals surface area contributed by atoms with Crippen LogP contribution in [0.3, 0.4) is 0 Å². The van der Waals surface area contributed by atoms with Crippen LogP contribution in [0.15, 0.2) is 18.2 Å². The average Bonchev–Trinajstić information content (AvgIpc) is 2.95. The van der Waals surface area contributed by atoms with E-state index in [2.05, 4.69) is 10.6 Å². The summed E-state index contributed by atoms with van der Waals surface area (Å²) in [6, 6.07) is 3.33. The smallest absolute Gasteiger partial charge is 0.170 e. The highest BCUT2D eigenvalue weighted by Crippen LogP contribution is 2.20. The number of anilines is 1. The fraction of sp³-hybridized carbons (Fsp3) is 0.533. The molecule has 21 heavy (non-hydrogen) atoms. The van der Waals surface area contributed by atoms with Gasteiger partial charge in [-0.15, -0.1) is 0 Å². The van der Waals surface area contributed by atoms with E-state index in [1.807, 2.05) is 0 Å². The molecule has 0 aromatic heterocycles. The average molecular weight is 314 g/mol. The van der Waals surface area contributed by atoms with Crippen molar-refractivity contribution in [2.24, 2.45) is 0 Å². The van der Waals surface area contributed by atoms with E-state index in [4.69, 9.17) is 17.0 Å². The Hall–Kier alpha value is -1.27. The second kappa shape index (κ2) is 8.24. The standard InChI is InChI=1S/C15H20F2N2OS/c16-11-6-7-14(13(17)10-11)19-15(21)18-8-3-9-20-12-4-1-2-5-12/h6-7,10,12H,1-5,8-9H2,(H2,18,19,21). The van der Waals surface area contributed by atoms with Crippen molar-refractivity contribution in [2.75, 3.05) is 18.5 Å². The lowest BCUT2D eigenvalue weighted by Gasteiger charge is -2.13. The van der Waals surface area contributed by atoms with Crippen LogP contribution >= 0.6 is 12.2 Å². The molecule has 1 aliphatic rings. The summed E-state index contributed by atoms with van der Waals surface area (Å²) in [7, 11) is 0. The first-order valence-electron chi connectivity index (χ1n) is 7.26. The summed E-state index contributed by atoms with van der Waals surface area (Å²) in [5, 5.41) is 6.01. The van der Waals surface area contributed by atoms with Crippen LogP contribution < -0.4 is 10.6 Å². The Labute approximate surface area is 129 Å². The van der Waals surface area contributed by atoms with Gasteiger partial charge in [-0.05, 0) is 43.6 Å². The van der Waals surface area contributed by atoms with Crippen LogP contribution in [0.4, 0.5) is 14.5 Å². The molecule has 0 aliphatic heterocycles. The summed E-state index contributed by atoms with van der Waals surface area (Å²) in [5.41, 5.74) is 0.163. The lowest BCUT2D eigenvalue weighted by Crippen LogP contribution is -2.30. The molecule has 0 spiro atoms. The van der Waals surface area contributed by atoms with Gasteiger partial charge in [0.05, 0.1) is 11.8 Å². The zero-order chi connectivity index (χ0) is 15.1. The SMILES string of the molecule is Fc1ccc(NC(=S)NCCCOC2CCCC2)c(F)c1. The molecule has 0 atom stereocenters. The molecule has 1 aliphatic carbocycles. The molecule has 2 rings (SSSR count). The molecule has 2 N–H and O–H groups in total. The van der Waals surface area contributed by atoms with Crippen LogP contribution in [0.2, 0.25) is 0 Å². The van der Waals surface area contributed by atoms with E-state index >= 15 is 0 Å². The van der Waals surface area contributed by atoms with Crippen molar-refractivity contribution in [2.45, 2.75) is 38.2 Å². The Morgan fingerprint density at radius 2 is 2.05 bits per heavy atom. The van der Waals surface area contributed by atoms with E-state index in [-0.39, 0.29) is 5.69 Å². The van der Waals surface area contributed by atoms with Crippen molar-refractivity contribution >= 4 is 23.0 Å². The fourth-order valence-electron chi connectivity index (χ4n) is 2.34. The Morgan fingerprint density at radius 3 is 2.76 bits per heavy atom. The van der Waals surface area contributed by atoms with Crippen LogP contribution in [-0.2, 0) is 4.74 Å². The number of nitrogens with one attached hydrogen (secondary N) is 2. The maximum atomic E-state index is 13.4. The molecule has 0 heterocycles. The molecule has 3 nitrogen and oxygen atoms in total. The molecule has 0 radical (unpaired) electrons. The van der Waals surface area contributed by atoms with Gasteiger partial charge >= 0.3 is 0 Å². The highest BCUT2D eigenvalue weighted by Gasteiger charge is 2.14. The van der Waals surface area contributed by atoms with E-state index in [1.54, 1.807) is 0 Å². The molecule has 0 amide bonds. The van der Waals surface area contributed by atoms with Crippen LogP contribution in [0.1, 0.15) is 32.1 Å². The number of hydrogen-bond donors (Lipinski definition) is 2. The highest BCUT2D eigenvalue weighted by molar-refractivity contribution is 7.80. The summed E-state index contributed by atoms with van der Waals surface area (Å²) in [6.07, 6.45) is 6.11. The van der Waals surface area contributed by atoms with Crippen molar-refractivity contribution in [3.8, 4) is 0 Å². The van der Waals surface area contributed by atoms with Crippen LogP contribution in [-0.4, -0.2) is 24.4 Å². The summed E-state index contributed by atoms with van der Waals surface area (Å²) in [5.74, 6) is -1.27. The lowest BCUT2D eigenvalue weighted by molar-refractivity contribution is 0.0574. The molecule has 0 bridgehead atoms. The molecule has 6 heteroatoms. The number of hydrogen-bond acceptors (Lipinski definition) is 2. The van der Waals surface area contributed by atoms with E-state index in [0.717, 1.165) is 25.3 Å². The Bertz CT molecular complexity index is 479. The van der Waals surface area contributed by atoms with Crippen molar-refractivity contribution in [1.29, 1.82) is 0 Å². The van der Waals surface area contributed by atoms with Crippen LogP contribution in [0.5, 0.6) is 0 Å². The number of benzene rings is 1. The van der Waals surface area contributed by atoms with Crippen molar-refractivity contribution in [3.63, 3.8) is 0 Å². The molecule has 0 unspecified atom stereocenters. The predicted molar refractivity (Wildman–Crippen MR) is 83.4 cm³/mol.